The first-order chi connectivity index (χ1) is 9.06. The molecule has 1 heterocycles. The van der Waals surface area contributed by atoms with Gasteiger partial charge in [0.25, 0.3) is 0 Å². The fourth-order valence-corrected chi connectivity index (χ4v) is 2.67. The van der Waals surface area contributed by atoms with Crippen LogP contribution in [0.5, 0.6) is 0 Å². The van der Waals surface area contributed by atoms with E-state index in [-0.39, 0.29) is 5.91 Å². The molecule has 1 amide bonds. The Morgan fingerprint density at radius 3 is 2.58 bits per heavy atom. The highest BCUT2D eigenvalue weighted by Crippen LogP contribution is 2.25. The number of aryl methyl sites for hydroxylation is 2. The predicted molar refractivity (Wildman–Crippen MR) is 80.2 cm³/mol. The number of amides is 1. The molecule has 0 atom stereocenters. The number of carbonyl (C=O) groups is 1. The van der Waals surface area contributed by atoms with Gasteiger partial charge in [-0.2, -0.15) is 0 Å². The van der Waals surface area contributed by atoms with Gasteiger partial charge in [0.15, 0.2) is 0 Å². The second-order valence-electron chi connectivity index (χ2n) is 4.50. The fraction of sp³-hybridized carbons (Fsp3) is 0.200. The first-order valence-corrected chi connectivity index (χ1v) is 6.81. The molecule has 0 aliphatic heterocycles. The van der Waals surface area contributed by atoms with Crippen LogP contribution < -0.4 is 5.32 Å². The van der Waals surface area contributed by atoms with Crippen molar-refractivity contribution in [1.82, 2.24) is 4.98 Å². The molecule has 4 heteroatoms. The molecular formula is C15H15BrN2O. The summed E-state index contributed by atoms with van der Waals surface area (Å²) in [7, 11) is 0. The van der Waals surface area contributed by atoms with E-state index < -0.39 is 0 Å². The van der Waals surface area contributed by atoms with Gasteiger partial charge in [0.2, 0.25) is 5.91 Å². The van der Waals surface area contributed by atoms with E-state index in [1.807, 2.05) is 38.1 Å². The van der Waals surface area contributed by atoms with Crippen LogP contribution in [0, 0.1) is 13.8 Å². The van der Waals surface area contributed by atoms with Gasteiger partial charge >= 0.3 is 0 Å². The van der Waals surface area contributed by atoms with Gasteiger partial charge in [-0.1, -0.05) is 22.0 Å². The summed E-state index contributed by atoms with van der Waals surface area (Å²) in [5.74, 6) is -0.0264. The lowest BCUT2D eigenvalue weighted by Crippen LogP contribution is -2.16. The van der Waals surface area contributed by atoms with Crippen molar-refractivity contribution in [3.8, 4) is 0 Å². The first-order valence-electron chi connectivity index (χ1n) is 6.02. The zero-order chi connectivity index (χ0) is 13.8. The van der Waals surface area contributed by atoms with Crippen molar-refractivity contribution in [1.29, 1.82) is 0 Å². The zero-order valence-corrected chi connectivity index (χ0v) is 12.5. The Kier molecular flexibility index (Phi) is 4.32. The van der Waals surface area contributed by atoms with Gasteiger partial charge in [0.05, 0.1) is 6.42 Å². The van der Waals surface area contributed by atoms with Gasteiger partial charge in [-0.15, -0.1) is 0 Å². The molecule has 2 aromatic rings. The molecule has 0 spiro atoms. The van der Waals surface area contributed by atoms with Crippen LogP contribution in [0.15, 0.2) is 41.1 Å². The van der Waals surface area contributed by atoms with Crippen LogP contribution in [0.3, 0.4) is 0 Å². The Bertz CT molecular complexity index is 573. The standard InChI is InChI=1S/C15H15BrN2O/c1-10-6-13(16)7-11(2)15(10)18-14(19)8-12-4-3-5-17-9-12/h3-7,9H,8H2,1-2H3,(H,18,19). The Morgan fingerprint density at radius 2 is 2.00 bits per heavy atom. The number of carbonyl (C=O) groups excluding carboxylic acids is 1. The number of halogens is 1. The maximum atomic E-state index is 12.0. The van der Waals surface area contributed by atoms with Crippen LogP contribution in [0.1, 0.15) is 16.7 Å². The summed E-state index contributed by atoms with van der Waals surface area (Å²) in [5.41, 5.74) is 3.89. The number of nitrogens with one attached hydrogen (secondary N) is 1. The third-order valence-corrected chi connectivity index (χ3v) is 3.31. The highest BCUT2D eigenvalue weighted by atomic mass is 79.9. The minimum atomic E-state index is -0.0264. The van der Waals surface area contributed by atoms with Crippen LogP contribution in [0.4, 0.5) is 5.69 Å². The fourth-order valence-electron chi connectivity index (χ4n) is 1.98. The SMILES string of the molecule is Cc1cc(Br)cc(C)c1NC(=O)Cc1cccnc1. The quantitative estimate of drug-likeness (QED) is 0.938. The maximum Gasteiger partial charge on any atom is 0.228 e. The van der Waals surface area contributed by atoms with Crippen molar-refractivity contribution in [3.63, 3.8) is 0 Å². The van der Waals surface area contributed by atoms with Crippen molar-refractivity contribution in [2.75, 3.05) is 5.32 Å². The maximum absolute atomic E-state index is 12.0. The Labute approximate surface area is 121 Å². The number of anilines is 1. The van der Waals surface area contributed by atoms with Crippen LogP contribution in [-0.4, -0.2) is 10.9 Å². The second kappa shape index (κ2) is 5.97. The van der Waals surface area contributed by atoms with E-state index in [1.54, 1.807) is 12.4 Å². The minimum Gasteiger partial charge on any atom is -0.325 e. The molecule has 1 N–H and O–H groups in total. The summed E-state index contributed by atoms with van der Waals surface area (Å²) in [5, 5.41) is 2.97. The number of pyridine rings is 1. The lowest BCUT2D eigenvalue weighted by atomic mass is 10.1. The summed E-state index contributed by atoms with van der Waals surface area (Å²) < 4.78 is 1.02. The van der Waals surface area contributed by atoms with E-state index in [4.69, 9.17) is 0 Å². The van der Waals surface area contributed by atoms with Crippen LogP contribution in [-0.2, 0) is 11.2 Å². The van der Waals surface area contributed by atoms with E-state index in [2.05, 4.69) is 26.2 Å². The van der Waals surface area contributed by atoms with Crippen LogP contribution in [0.25, 0.3) is 0 Å². The predicted octanol–water partition coefficient (Wildman–Crippen LogP) is 3.64. The summed E-state index contributed by atoms with van der Waals surface area (Å²) >= 11 is 3.45. The largest absolute Gasteiger partial charge is 0.325 e. The van der Waals surface area contributed by atoms with Crippen molar-refractivity contribution in [2.24, 2.45) is 0 Å². The second-order valence-corrected chi connectivity index (χ2v) is 5.42. The van der Waals surface area contributed by atoms with Gasteiger partial charge in [-0.3, -0.25) is 9.78 Å². The molecule has 0 saturated carbocycles. The first kappa shape index (κ1) is 13.7. The monoisotopic (exact) mass is 318 g/mol. The van der Waals surface area contributed by atoms with Gasteiger partial charge in [-0.25, -0.2) is 0 Å². The summed E-state index contributed by atoms with van der Waals surface area (Å²) in [4.78, 5) is 16.0. The lowest BCUT2D eigenvalue weighted by Gasteiger charge is -2.12. The van der Waals surface area contributed by atoms with Gasteiger partial charge < -0.3 is 5.32 Å². The van der Waals surface area contributed by atoms with Crippen molar-refractivity contribution in [3.05, 3.63) is 57.8 Å². The molecule has 3 nitrogen and oxygen atoms in total. The number of hydrogen-bond acceptors (Lipinski definition) is 2. The Hall–Kier alpha value is -1.68. The minimum absolute atomic E-state index is 0.0264. The van der Waals surface area contributed by atoms with Crippen molar-refractivity contribution >= 4 is 27.5 Å². The van der Waals surface area contributed by atoms with E-state index in [1.165, 1.54) is 0 Å². The molecule has 1 aromatic carbocycles. The van der Waals surface area contributed by atoms with Crippen LogP contribution in [0.2, 0.25) is 0 Å². The molecule has 0 bridgehead atoms. The number of aromatic nitrogens is 1. The lowest BCUT2D eigenvalue weighted by molar-refractivity contribution is -0.115. The molecule has 2 rings (SSSR count). The Balaban J connectivity index is 2.12. The molecule has 0 aliphatic carbocycles. The molecular weight excluding hydrogens is 304 g/mol. The van der Waals surface area contributed by atoms with Crippen molar-refractivity contribution in [2.45, 2.75) is 20.3 Å². The summed E-state index contributed by atoms with van der Waals surface area (Å²) in [6.45, 7) is 3.97. The molecule has 0 aliphatic rings. The summed E-state index contributed by atoms with van der Waals surface area (Å²) in [6, 6.07) is 7.71. The van der Waals surface area contributed by atoms with Gasteiger partial charge in [0, 0.05) is 22.6 Å². The molecule has 0 saturated heterocycles. The van der Waals surface area contributed by atoms with Crippen LogP contribution >= 0.6 is 15.9 Å². The van der Waals surface area contributed by atoms with Gasteiger partial charge in [0.1, 0.15) is 0 Å². The smallest absolute Gasteiger partial charge is 0.228 e. The van der Waals surface area contributed by atoms with Crippen molar-refractivity contribution < 1.29 is 4.79 Å². The molecule has 19 heavy (non-hydrogen) atoms. The average Bonchev–Trinajstić information content (AvgIpc) is 2.35. The summed E-state index contributed by atoms with van der Waals surface area (Å²) in [6.07, 6.45) is 3.74. The molecule has 98 valence electrons. The van der Waals surface area contributed by atoms with E-state index in [0.29, 0.717) is 6.42 Å². The van der Waals surface area contributed by atoms with E-state index in [0.717, 1.165) is 26.9 Å². The van der Waals surface area contributed by atoms with E-state index in [9.17, 15) is 4.79 Å². The molecule has 0 unspecified atom stereocenters. The molecule has 0 fully saturated rings. The van der Waals surface area contributed by atoms with E-state index >= 15 is 0 Å². The Morgan fingerprint density at radius 1 is 1.32 bits per heavy atom. The third-order valence-electron chi connectivity index (χ3n) is 2.85. The number of rotatable bonds is 3. The average molecular weight is 319 g/mol. The number of nitrogens with zero attached hydrogens (tertiary/aromatic N) is 1. The topological polar surface area (TPSA) is 42.0 Å². The zero-order valence-electron chi connectivity index (χ0n) is 10.9. The molecule has 0 radical (unpaired) electrons. The normalized spacial score (nSPS) is 10.3. The highest BCUT2D eigenvalue weighted by Gasteiger charge is 2.09. The van der Waals surface area contributed by atoms with Gasteiger partial charge in [-0.05, 0) is 48.7 Å². The number of benzene rings is 1. The third kappa shape index (κ3) is 3.64. The molecule has 1 aromatic heterocycles. The highest BCUT2D eigenvalue weighted by molar-refractivity contribution is 9.10. The number of hydrogen-bond donors (Lipinski definition) is 1.